The van der Waals surface area contributed by atoms with E-state index in [2.05, 4.69) is 0 Å². The van der Waals surface area contributed by atoms with E-state index < -0.39 is 10.0 Å². The van der Waals surface area contributed by atoms with Gasteiger partial charge in [-0.3, -0.25) is 4.79 Å². The fraction of sp³-hybridized carbons (Fsp3) is 0.562. The average molecular weight is 338 g/mol. The van der Waals surface area contributed by atoms with Crippen LogP contribution >= 0.6 is 0 Å². The van der Waals surface area contributed by atoms with Crippen LogP contribution in [0.1, 0.15) is 18.4 Å². The van der Waals surface area contributed by atoms with Crippen LogP contribution in [0.5, 0.6) is 0 Å². The number of ether oxygens (including phenoxy) is 1. The molecule has 2 fully saturated rings. The van der Waals surface area contributed by atoms with Crippen LogP contribution in [0.2, 0.25) is 0 Å². The number of hydrogen-bond acceptors (Lipinski definition) is 4. The van der Waals surface area contributed by atoms with E-state index in [1.807, 2.05) is 13.0 Å². The average Bonchev–Trinajstić information content (AvgIpc) is 3.04. The summed E-state index contributed by atoms with van der Waals surface area (Å²) in [6.07, 6.45) is 0.949. The second kappa shape index (κ2) is 6.22. The molecule has 1 aromatic carbocycles. The van der Waals surface area contributed by atoms with E-state index in [0.29, 0.717) is 31.0 Å². The van der Waals surface area contributed by atoms with Crippen molar-refractivity contribution in [2.24, 2.45) is 0 Å². The third-order valence-electron chi connectivity index (χ3n) is 4.70. The number of hydrogen-bond donors (Lipinski definition) is 0. The molecule has 126 valence electrons. The lowest BCUT2D eigenvalue weighted by molar-refractivity contribution is -0.129. The van der Waals surface area contributed by atoms with E-state index in [9.17, 15) is 13.2 Å². The van der Waals surface area contributed by atoms with Gasteiger partial charge in [0.15, 0.2) is 0 Å². The van der Waals surface area contributed by atoms with Crippen molar-refractivity contribution in [2.75, 3.05) is 26.8 Å². The number of aryl methyl sites for hydroxylation is 1. The van der Waals surface area contributed by atoms with Crippen molar-refractivity contribution >= 4 is 15.9 Å². The molecule has 2 heterocycles. The summed E-state index contributed by atoms with van der Waals surface area (Å²) in [5.41, 5.74) is 0.908. The molecule has 2 aliphatic heterocycles. The number of sulfonamides is 1. The van der Waals surface area contributed by atoms with Gasteiger partial charge in [0, 0.05) is 26.6 Å². The number of amides is 1. The minimum atomic E-state index is -3.56. The van der Waals surface area contributed by atoms with Gasteiger partial charge in [-0.15, -0.1) is 0 Å². The smallest absolute Gasteiger partial charge is 0.243 e. The first kappa shape index (κ1) is 16.4. The first-order chi connectivity index (χ1) is 10.9. The summed E-state index contributed by atoms with van der Waals surface area (Å²) in [7, 11) is -1.96. The van der Waals surface area contributed by atoms with Gasteiger partial charge in [-0.05, 0) is 31.0 Å². The number of benzene rings is 1. The van der Waals surface area contributed by atoms with E-state index in [0.717, 1.165) is 5.56 Å². The largest absolute Gasteiger partial charge is 0.383 e. The van der Waals surface area contributed by atoms with E-state index in [1.54, 1.807) is 30.2 Å². The Balaban J connectivity index is 1.84. The monoisotopic (exact) mass is 338 g/mol. The standard InChI is InChI=1S/C16H22N2O4S/c1-12-4-3-5-13(10-12)23(20,21)18-7-6-14-15(18)11-16(19)17(14)8-9-22-2/h3-5,10,14-15H,6-9,11H2,1-2H3. The van der Waals surface area contributed by atoms with Crippen molar-refractivity contribution in [3.05, 3.63) is 29.8 Å². The summed E-state index contributed by atoms with van der Waals surface area (Å²) in [6, 6.07) is 6.64. The Morgan fingerprint density at radius 2 is 2.09 bits per heavy atom. The topological polar surface area (TPSA) is 66.9 Å². The summed E-state index contributed by atoms with van der Waals surface area (Å²) in [5, 5.41) is 0. The number of fused-ring (bicyclic) bond motifs is 1. The van der Waals surface area contributed by atoms with Crippen LogP contribution < -0.4 is 0 Å². The van der Waals surface area contributed by atoms with Crippen LogP contribution in [-0.4, -0.2) is 62.4 Å². The summed E-state index contributed by atoms with van der Waals surface area (Å²) < 4.78 is 32.4. The Morgan fingerprint density at radius 3 is 2.78 bits per heavy atom. The van der Waals surface area contributed by atoms with Crippen LogP contribution in [0.4, 0.5) is 0 Å². The molecule has 0 spiro atoms. The lowest BCUT2D eigenvalue weighted by Gasteiger charge is -2.25. The fourth-order valence-corrected chi connectivity index (χ4v) is 5.36. The fourth-order valence-electron chi connectivity index (χ4n) is 3.58. The summed E-state index contributed by atoms with van der Waals surface area (Å²) >= 11 is 0. The predicted molar refractivity (Wildman–Crippen MR) is 85.5 cm³/mol. The number of rotatable bonds is 5. The number of likely N-dealkylation sites (tertiary alicyclic amines) is 1. The van der Waals surface area contributed by atoms with Gasteiger partial charge in [0.05, 0.1) is 23.6 Å². The molecule has 2 saturated heterocycles. The molecule has 3 rings (SSSR count). The van der Waals surface area contributed by atoms with E-state index in [4.69, 9.17) is 4.74 Å². The van der Waals surface area contributed by atoms with Crippen molar-refractivity contribution in [1.29, 1.82) is 0 Å². The molecule has 1 aromatic rings. The Hall–Kier alpha value is -1.44. The summed E-state index contributed by atoms with van der Waals surface area (Å²) in [6.45, 7) is 3.33. The summed E-state index contributed by atoms with van der Waals surface area (Å²) in [4.78, 5) is 14.3. The second-order valence-electron chi connectivity index (χ2n) is 6.14. The molecule has 2 aliphatic rings. The van der Waals surface area contributed by atoms with Gasteiger partial charge < -0.3 is 9.64 Å². The van der Waals surface area contributed by atoms with Gasteiger partial charge in [0.25, 0.3) is 0 Å². The second-order valence-corrected chi connectivity index (χ2v) is 8.03. The van der Waals surface area contributed by atoms with E-state index >= 15 is 0 Å². The van der Waals surface area contributed by atoms with Gasteiger partial charge in [-0.2, -0.15) is 4.31 Å². The Kier molecular flexibility index (Phi) is 4.44. The molecule has 0 saturated carbocycles. The predicted octanol–water partition coefficient (Wildman–Crippen LogP) is 1.01. The first-order valence-corrected chi connectivity index (χ1v) is 9.26. The third kappa shape index (κ3) is 2.88. The number of carbonyl (C=O) groups is 1. The highest BCUT2D eigenvalue weighted by Gasteiger charge is 2.50. The van der Waals surface area contributed by atoms with Gasteiger partial charge in [0.1, 0.15) is 0 Å². The third-order valence-corrected chi connectivity index (χ3v) is 6.62. The van der Waals surface area contributed by atoms with E-state index in [1.165, 1.54) is 4.31 Å². The molecule has 0 radical (unpaired) electrons. The molecule has 0 N–H and O–H groups in total. The molecule has 23 heavy (non-hydrogen) atoms. The SMILES string of the molecule is COCCN1C(=O)CC2C1CCN2S(=O)(=O)c1cccc(C)c1. The molecule has 2 unspecified atom stereocenters. The van der Waals surface area contributed by atoms with Gasteiger partial charge in [-0.25, -0.2) is 8.42 Å². The lowest BCUT2D eigenvalue weighted by Crippen LogP contribution is -2.40. The zero-order chi connectivity index (χ0) is 16.6. The van der Waals surface area contributed by atoms with Crippen molar-refractivity contribution in [1.82, 2.24) is 9.21 Å². The van der Waals surface area contributed by atoms with E-state index in [-0.39, 0.29) is 24.4 Å². The van der Waals surface area contributed by atoms with Gasteiger partial charge in [-0.1, -0.05) is 12.1 Å². The maximum Gasteiger partial charge on any atom is 0.243 e. The first-order valence-electron chi connectivity index (χ1n) is 7.82. The molecule has 2 atom stereocenters. The molecule has 0 aromatic heterocycles. The molecule has 6 nitrogen and oxygen atoms in total. The highest BCUT2D eigenvalue weighted by molar-refractivity contribution is 7.89. The molecular weight excluding hydrogens is 316 g/mol. The molecule has 1 amide bonds. The van der Waals surface area contributed by atoms with Crippen LogP contribution in [0.25, 0.3) is 0 Å². The molecular formula is C16H22N2O4S. The molecule has 7 heteroatoms. The van der Waals surface area contributed by atoms with Crippen molar-refractivity contribution in [2.45, 2.75) is 36.7 Å². The number of nitrogens with zero attached hydrogens (tertiary/aromatic N) is 2. The van der Waals surface area contributed by atoms with Crippen LogP contribution in [-0.2, 0) is 19.6 Å². The molecule has 0 aliphatic carbocycles. The Bertz CT molecular complexity index is 704. The maximum absolute atomic E-state index is 12.9. The quantitative estimate of drug-likeness (QED) is 0.803. The van der Waals surface area contributed by atoms with Crippen molar-refractivity contribution in [3.63, 3.8) is 0 Å². The number of carbonyl (C=O) groups excluding carboxylic acids is 1. The normalized spacial score (nSPS) is 25.1. The van der Waals surface area contributed by atoms with Gasteiger partial charge in [0.2, 0.25) is 15.9 Å². The van der Waals surface area contributed by atoms with Crippen LogP contribution in [0.15, 0.2) is 29.2 Å². The minimum Gasteiger partial charge on any atom is -0.383 e. The maximum atomic E-state index is 12.9. The van der Waals surface area contributed by atoms with Crippen LogP contribution in [0, 0.1) is 6.92 Å². The minimum absolute atomic E-state index is 0.0150. The Labute approximate surface area is 137 Å². The zero-order valence-electron chi connectivity index (χ0n) is 13.4. The van der Waals surface area contributed by atoms with Crippen molar-refractivity contribution in [3.8, 4) is 0 Å². The van der Waals surface area contributed by atoms with Crippen molar-refractivity contribution < 1.29 is 17.9 Å². The zero-order valence-corrected chi connectivity index (χ0v) is 14.3. The Morgan fingerprint density at radius 1 is 1.30 bits per heavy atom. The highest BCUT2D eigenvalue weighted by atomic mass is 32.2. The lowest BCUT2D eigenvalue weighted by atomic mass is 10.1. The number of methoxy groups -OCH3 is 1. The highest BCUT2D eigenvalue weighted by Crippen LogP contribution is 2.36. The summed E-state index contributed by atoms with van der Waals surface area (Å²) in [5.74, 6) is 0.0150. The van der Waals surface area contributed by atoms with Gasteiger partial charge >= 0.3 is 0 Å². The van der Waals surface area contributed by atoms with Crippen LogP contribution in [0.3, 0.4) is 0 Å². The molecule has 0 bridgehead atoms.